The Kier molecular flexibility index (Phi) is 6.68. The van der Waals surface area contributed by atoms with Crippen molar-refractivity contribution in [3.05, 3.63) is 89.4 Å². The molecule has 1 aliphatic heterocycles. The van der Waals surface area contributed by atoms with Crippen LogP contribution in [0.5, 0.6) is 0 Å². The van der Waals surface area contributed by atoms with Gasteiger partial charge in [-0.15, -0.1) is 0 Å². The lowest BCUT2D eigenvalue weighted by molar-refractivity contribution is 0.0737. The Morgan fingerprint density at radius 1 is 1.06 bits per heavy atom. The molecule has 2 aromatic heterocycles. The fourth-order valence-electron chi connectivity index (χ4n) is 4.57. The molecule has 1 atom stereocenters. The lowest BCUT2D eigenvalue weighted by atomic mass is 9.99. The summed E-state index contributed by atoms with van der Waals surface area (Å²) in [6.45, 7) is 6.25. The fraction of sp³-hybridized carbons (Fsp3) is 0.286. The molecule has 0 spiro atoms. The van der Waals surface area contributed by atoms with E-state index >= 15 is 0 Å². The number of carbonyl (C=O) groups excluding carboxylic acids is 1. The molecule has 0 saturated carbocycles. The highest BCUT2D eigenvalue weighted by Gasteiger charge is 2.24. The Morgan fingerprint density at radius 2 is 1.89 bits per heavy atom. The van der Waals surface area contributed by atoms with Gasteiger partial charge in [0.1, 0.15) is 0 Å². The first-order chi connectivity index (χ1) is 17.0. The number of nitrogens with zero attached hydrogens (tertiary/aromatic N) is 4. The summed E-state index contributed by atoms with van der Waals surface area (Å²) in [5.41, 5.74) is 5.35. The predicted molar refractivity (Wildman–Crippen MR) is 137 cm³/mol. The van der Waals surface area contributed by atoms with Crippen molar-refractivity contribution < 1.29 is 9.53 Å². The lowest BCUT2D eigenvalue weighted by Gasteiger charge is -2.24. The maximum absolute atomic E-state index is 13.4. The minimum absolute atomic E-state index is 0.00197. The maximum atomic E-state index is 13.4. The highest BCUT2D eigenvalue weighted by atomic mass is 16.5. The third kappa shape index (κ3) is 5.63. The molecule has 178 valence electrons. The molecule has 2 aromatic carbocycles. The molecule has 1 fully saturated rings. The van der Waals surface area contributed by atoms with Crippen LogP contribution in [0.4, 0.5) is 11.6 Å². The van der Waals surface area contributed by atoms with E-state index < -0.39 is 0 Å². The molecule has 0 aliphatic carbocycles. The number of hydrogen-bond acceptors (Lipinski definition) is 6. The third-order valence-corrected chi connectivity index (χ3v) is 6.14. The number of para-hydroxylation sites is 1. The first-order valence-corrected chi connectivity index (χ1v) is 11.9. The zero-order valence-corrected chi connectivity index (χ0v) is 20.1. The van der Waals surface area contributed by atoms with E-state index in [0.717, 1.165) is 40.0 Å². The van der Waals surface area contributed by atoms with Crippen LogP contribution in [0.1, 0.15) is 27.3 Å². The van der Waals surface area contributed by atoms with E-state index in [1.807, 2.05) is 73.5 Å². The molecular formula is C28H29N5O2. The van der Waals surface area contributed by atoms with E-state index in [2.05, 4.69) is 32.4 Å². The molecule has 35 heavy (non-hydrogen) atoms. The van der Waals surface area contributed by atoms with E-state index in [-0.39, 0.29) is 11.8 Å². The molecule has 1 saturated heterocycles. The van der Waals surface area contributed by atoms with Gasteiger partial charge < -0.3 is 15.0 Å². The zero-order chi connectivity index (χ0) is 24.2. The molecule has 1 aliphatic rings. The molecule has 5 rings (SSSR count). The van der Waals surface area contributed by atoms with Gasteiger partial charge in [0.05, 0.1) is 18.7 Å². The average Bonchev–Trinajstić information content (AvgIpc) is 3.08. The second kappa shape index (κ2) is 10.2. The van der Waals surface area contributed by atoms with Crippen LogP contribution in [-0.4, -0.2) is 52.1 Å². The van der Waals surface area contributed by atoms with Crippen LogP contribution < -0.4 is 5.32 Å². The predicted octanol–water partition coefficient (Wildman–Crippen LogP) is 4.72. The van der Waals surface area contributed by atoms with Crippen LogP contribution in [0.25, 0.3) is 10.9 Å². The number of anilines is 2. The fourth-order valence-corrected chi connectivity index (χ4v) is 4.57. The van der Waals surface area contributed by atoms with Crippen LogP contribution in [0.3, 0.4) is 0 Å². The first kappa shape index (κ1) is 22.9. The quantitative estimate of drug-likeness (QED) is 0.458. The Morgan fingerprint density at radius 3 is 2.74 bits per heavy atom. The molecule has 1 amide bonds. The van der Waals surface area contributed by atoms with Gasteiger partial charge in [0.2, 0.25) is 5.95 Å². The van der Waals surface area contributed by atoms with Gasteiger partial charge in [-0.2, -0.15) is 0 Å². The Labute approximate surface area is 205 Å². The summed E-state index contributed by atoms with van der Waals surface area (Å²) < 4.78 is 5.87. The number of aromatic nitrogens is 3. The van der Waals surface area contributed by atoms with Gasteiger partial charge in [-0.1, -0.05) is 24.3 Å². The lowest BCUT2D eigenvalue weighted by Crippen LogP contribution is -2.36. The smallest absolute Gasteiger partial charge is 0.254 e. The van der Waals surface area contributed by atoms with Crippen molar-refractivity contribution >= 4 is 28.4 Å². The number of aryl methyl sites for hydroxylation is 2. The van der Waals surface area contributed by atoms with Crippen molar-refractivity contribution in [3.8, 4) is 0 Å². The van der Waals surface area contributed by atoms with E-state index in [4.69, 9.17) is 4.74 Å². The van der Waals surface area contributed by atoms with E-state index in [0.29, 0.717) is 37.8 Å². The summed E-state index contributed by atoms with van der Waals surface area (Å²) in [5, 5.41) is 4.36. The van der Waals surface area contributed by atoms with Gasteiger partial charge in [-0.3, -0.25) is 9.78 Å². The molecule has 0 unspecified atom stereocenters. The van der Waals surface area contributed by atoms with Gasteiger partial charge in [0.15, 0.2) is 0 Å². The van der Waals surface area contributed by atoms with Crippen LogP contribution in [0.15, 0.2) is 66.9 Å². The van der Waals surface area contributed by atoms with Crippen LogP contribution in [-0.2, 0) is 11.2 Å². The number of nitrogens with one attached hydrogen (secondary N) is 1. The number of hydrogen-bond donors (Lipinski definition) is 1. The molecule has 7 heteroatoms. The number of rotatable bonds is 5. The minimum Gasteiger partial charge on any atom is -0.379 e. The van der Waals surface area contributed by atoms with Gasteiger partial charge in [-0.25, -0.2) is 9.97 Å². The van der Waals surface area contributed by atoms with Crippen molar-refractivity contribution in [2.75, 3.05) is 31.6 Å². The largest absolute Gasteiger partial charge is 0.379 e. The van der Waals surface area contributed by atoms with Crippen molar-refractivity contribution in [3.63, 3.8) is 0 Å². The highest BCUT2D eigenvalue weighted by Crippen LogP contribution is 2.21. The van der Waals surface area contributed by atoms with Crippen LogP contribution >= 0.6 is 0 Å². The molecule has 0 bridgehead atoms. The normalized spacial score (nSPS) is 16.2. The second-order valence-corrected chi connectivity index (χ2v) is 9.11. The minimum atomic E-state index is 0.00197. The van der Waals surface area contributed by atoms with Crippen LogP contribution in [0, 0.1) is 19.8 Å². The standard InChI is InChI=1S/C28H29N5O2/c1-19-12-20(2)31-28(30-19)32-25-8-5-7-24(15-25)27(34)33-10-11-35-18-22(17-33)13-21-14-23-6-3-4-9-26(23)29-16-21/h3-9,12,14-16,22H,10-11,13,17-18H2,1-2H3,(H,30,31,32)/t22-/m0/s1. The van der Waals surface area contributed by atoms with E-state index in [9.17, 15) is 4.79 Å². The summed E-state index contributed by atoms with van der Waals surface area (Å²) in [5.74, 6) is 0.732. The van der Waals surface area contributed by atoms with Gasteiger partial charge in [0, 0.05) is 53.2 Å². The molecule has 4 aromatic rings. The SMILES string of the molecule is Cc1cc(C)nc(Nc2cccc(C(=O)N3CCOC[C@@H](Cc4cnc5ccccc5c4)C3)c2)n1. The van der Waals surface area contributed by atoms with Crippen LogP contribution in [0.2, 0.25) is 0 Å². The topological polar surface area (TPSA) is 80.2 Å². The second-order valence-electron chi connectivity index (χ2n) is 9.11. The first-order valence-electron chi connectivity index (χ1n) is 11.9. The summed E-state index contributed by atoms with van der Waals surface area (Å²) in [4.78, 5) is 28.8. The van der Waals surface area contributed by atoms with Gasteiger partial charge in [-0.05, 0) is 62.2 Å². The molecular weight excluding hydrogens is 438 g/mol. The van der Waals surface area contributed by atoms with Gasteiger partial charge >= 0.3 is 0 Å². The van der Waals surface area contributed by atoms with E-state index in [1.54, 1.807) is 0 Å². The molecule has 1 N–H and O–H groups in total. The van der Waals surface area contributed by atoms with E-state index in [1.165, 1.54) is 0 Å². The Balaban J connectivity index is 1.29. The Bertz CT molecular complexity index is 1340. The highest BCUT2D eigenvalue weighted by molar-refractivity contribution is 5.95. The Hall–Kier alpha value is -3.84. The average molecular weight is 468 g/mol. The van der Waals surface area contributed by atoms with Crippen molar-refractivity contribution in [1.29, 1.82) is 0 Å². The summed E-state index contributed by atoms with van der Waals surface area (Å²) >= 11 is 0. The number of amides is 1. The maximum Gasteiger partial charge on any atom is 0.254 e. The molecule has 7 nitrogen and oxygen atoms in total. The summed E-state index contributed by atoms with van der Waals surface area (Å²) in [6, 6.07) is 19.7. The number of fused-ring (bicyclic) bond motifs is 1. The number of pyridine rings is 1. The molecule has 0 radical (unpaired) electrons. The van der Waals surface area contributed by atoms with Crippen molar-refractivity contribution in [1.82, 2.24) is 19.9 Å². The number of benzene rings is 2. The number of carbonyl (C=O) groups is 1. The van der Waals surface area contributed by atoms with Crippen molar-refractivity contribution in [2.24, 2.45) is 5.92 Å². The monoisotopic (exact) mass is 467 g/mol. The summed E-state index contributed by atoms with van der Waals surface area (Å²) in [6.07, 6.45) is 2.75. The van der Waals surface area contributed by atoms with Gasteiger partial charge in [0.25, 0.3) is 5.91 Å². The molecule has 3 heterocycles. The van der Waals surface area contributed by atoms with Crippen molar-refractivity contribution in [2.45, 2.75) is 20.3 Å². The summed E-state index contributed by atoms with van der Waals surface area (Å²) in [7, 11) is 0. The third-order valence-electron chi connectivity index (χ3n) is 6.14. The zero-order valence-electron chi connectivity index (χ0n) is 20.1. The number of ether oxygens (including phenoxy) is 1.